The number of hydrogen-bond acceptors (Lipinski definition) is 3. The van der Waals surface area contributed by atoms with Gasteiger partial charge in [-0.05, 0) is 37.1 Å². The molecule has 0 saturated carbocycles. The van der Waals surface area contributed by atoms with E-state index in [1.165, 1.54) is 4.90 Å². The minimum Gasteiger partial charge on any atom is -0.336 e. The van der Waals surface area contributed by atoms with E-state index < -0.39 is 5.92 Å². The van der Waals surface area contributed by atoms with Crippen molar-refractivity contribution in [3.05, 3.63) is 59.7 Å². The minimum atomic E-state index is -0.440. The number of likely N-dealkylation sites (N-methyl/N-ethyl adjacent to an activating group) is 1. The van der Waals surface area contributed by atoms with Crippen LogP contribution in [0.5, 0.6) is 0 Å². The van der Waals surface area contributed by atoms with Crippen LogP contribution in [0.15, 0.2) is 48.5 Å². The summed E-state index contributed by atoms with van der Waals surface area (Å²) in [6.07, 6.45) is 0.974. The fourth-order valence-electron chi connectivity index (χ4n) is 3.59. The molecule has 0 radical (unpaired) electrons. The van der Waals surface area contributed by atoms with Gasteiger partial charge in [-0.3, -0.25) is 14.4 Å². The van der Waals surface area contributed by atoms with Gasteiger partial charge in [0.1, 0.15) is 0 Å². The van der Waals surface area contributed by atoms with Crippen molar-refractivity contribution in [1.29, 1.82) is 0 Å². The maximum absolute atomic E-state index is 12.8. The highest BCUT2D eigenvalue weighted by Crippen LogP contribution is 2.26. The lowest BCUT2D eigenvalue weighted by atomic mass is 10.1. The van der Waals surface area contributed by atoms with Crippen molar-refractivity contribution in [2.75, 3.05) is 30.4 Å². The van der Waals surface area contributed by atoms with Crippen LogP contribution >= 0.6 is 0 Å². The van der Waals surface area contributed by atoms with Crippen LogP contribution in [0.1, 0.15) is 24.5 Å². The van der Waals surface area contributed by atoms with Gasteiger partial charge < -0.3 is 15.1 Å². The molecule has 0 bridgehead atoms. The average molecular weight is 393 g/mol. The van der Waals surface area contributed by atoms with Crippen molar-refractivity contribution in [3.63, 3.8) is 0 Å². The summed E-state index contributed by atoms with van der Waals surface area (Å²) in [6, 6.07) is 15.3. The van der Waals surface area contributed by atoms with E-state index in [0.717, 1.165) is 28.9 Å². The number of carbonyl (C=O) groups is 3. The Labute approximate surface area is 171 Å². The number of nitrogens with one attached hydrogen (secondary N) is 1. The van der Waals surface area contributed by atoms with Crippen LogP contribution in [0.2, 0.25) is 0 Å². The highest BCUT2D eigenvalue weighted by Gasteiger charge is 2.36. The van der Waals surface area contributed by atoms with E-state index in [1.54, 1.807) is 11.9 Å². The molecular weight excluding hydrogens is 366 g/mol. The zero-order valence-corrected chi connectivity index (χ0v) is 17.1. The van der Waals surface area contributed by atoms with Crippen molar-refractivity contribution < 1.29 is 14.4 Å². The lowest BCUT2D eigenvalue weighted by molar-refractivity contribution is -0.137. The summed E-state index contributed by atoms with van der Waals surface area (Å²) in [7, 11) is 1.60. The molecule has 1 heterocycles. The smallest absolute Gasteiger partial charge is 0.243 e. The summed E-state index contributed by atoms with van der Waals surface area (Å²) in [5.41, 5.74) is 3.73. The Hall–Kier alpha value is -3.15. The van der Waals surface area contributed by atoms with Crippen molar-refractivity contribution >= 4 is 29.1 Å². The molecule has 1 aliphatic rings. The van der Waals surface area contributed by atoms with Gasteiger partial charge in [-0.15, -0.1) is 0 Å². The van der Waals surface area contributed by atoms with Crippen LogP contribution in [0.3, 0.4) is 0 Å². The Morgan fingerprint density at radius 2 is 1.83 bits per heavy atom. The highest BCUT2D eigenvalue weighted by molar-refractivity contribution is 6.01. The highest BCUT2D eigenvalue weighted by atomic mass is 16.2. The molecule has 3 amide bonds. The molecule has 1 unspecified atom stereocenters. The van der Waals surface area contributed by atoms with Gasteiger partial charge in [0.15, 0.2) is 0 Å². The first-order chi connectivity index (χ1) is 13.9. The van der Waals surface area contributed by atoms with E-state index in [-0.39, 0.29) is 30.7 Å². The number of carbonyl (C=O) groups excluding carboxylic acids is 3. The van der Waals surface area contributed by atoms with Crippen molar-refractivity contribution in [2.45, 2.75) is 26.7 Å². The molecule has 1 saturated heterocycles. The fraction of sp³-hybridized carbons (Fsp3) is 0.348. The maximum atomic E-state index is 12.8. The molecule has 2 aromatic carbocycles. The minimum absolute atomic E-state index is 0.0495. The molecule has 1 atom stereocenters. The molecule has 0 aromatic heterocycles. The van der Waals surface area contributed by atoms with Gasteiger partial charge in [0.25, 0.3) is 0 Å². The summed E-state index contributed by atoms with van der Waals surface area (Å²) in [6.45, 7) is 4.30. The number of anilines is 2. The number of benzene rings is 2. The molecular formula is C23H27N3O3. The molecule has 29 heavy (non-hydrogen) atoms. The van der Waals surface area contributed by atoms with Crippen LogP contribution in [0.4, 0.5) is 11.4 Å². The van der Waals surface area contributed by atoms with Crippen LogP contribution in [0.25, 0.3) is 0 Å². The topological polar surface area (TPSA) is 69.7 Å². The summed E-state index contributed by atoms with van der Waals surface area (Å²) < 4.78 is 0. The second-order valence-corrected chi connectivity index (χ2v) is 7.49. The monoisotopic (exact) mass is 393 g/mol. The molecule has 6 nitrogen and oxygen atoms in total. The van der Waals surface area contributed by atoms with E-state index >= 15 is 0 Å². The lowest BCUT2D eigenvalue weighted by Gasteiger charge is -2.21. The van der Waals surface area contributed by atoms with Crippen LogP contribution in [-0.4, -0.2) is 42.8 Å². The first-order valence-electron chi connectivity index (χ1n) is 9.88. The van der Waals surface area contributed by atoms with Crippen LogP contribution in [-0.2, 0) is 20.8 Å². The summed E-state index contributed by atoms with van der Waals surface area (Å²) in [5.74, 6) is -0.945. The third-order valence-electron chi connectivity index (χ3n) is 5.25. The third-order valence-corrected chi connectivity index (χ3v) is 5.25. The molecule has 1 N–H and O–H groups in total. The number of amides is 3. The van der Waals surface area contributed by atoms with E-state index in [1.807, 2.05) is 62.4 Å². The normalized spacial score (nSPS) is 16.0. The number of aryl methyl sites for hydroxylation is 2. The standard InChI is InChI=1S/C23H27N3O3/c1-4-17-7-5-6-8-20(17)24-21(27)15-25(3)23(29)18-13-22(28)26(14-18)19-11-9-16(2)10-12-19/h5-12,18H,4,13-15H2,1-3H3,(H,24,27). The first kappa shape index (κ1) is 20.6. The largest absolute Gasteiger partial charge is 0.336 e. The molecule has 3 rings (SSSR count). The van der Waals surface area contributed by atoms with Gasteiger partial charge in [0, 0.05) is 31.4 Å². The van der Waals surface area contributed by atoms with E-state index in [4.69, 9.17) is 0 Å². The quantitative estimate of drug-likeness (QED) is 0.820. The number of rotatable bonds is 6. The molecule has 1 fully saturated rings. The first-order valence-corrected chi connectivity index (χ1v) is 9.88. The summed E-state index contributed by atoms with van der Waals surface area (Å²) >= 11 is 0. The molecule has 1 aliphatic heterocycles. The second-order valence-electron chi connectivity index (χ2n) is 7.49. The van der Waals surface area contributed by atoms with E-state index in [0.29, 0.717) is 6.54 Å². The Morgan fingerprint density at radius 3 is 2.52 bits per heavy atom. The predicted octanol–water partition coefficient (Wildman–Crippen LogP) is 3.01. The average Bonchev–Trinajstić information content (AvgIpc) is 3.09. The van der Waals surface area contributed by atoms with Gasteiger partial charge >= 0.3 is 0 Å². The lowest BCUT2D eigenvalue weighted by Crippen LogP contribution is -2.39. The number of nitrogens with zero attached hydrogens (tertiary/aromatic N) is 2. The summed E-state index contributed by atoms with van der Waals surface area (Å²) in [4.78, 5) is 40.7. The molecule has 2 aromatic rings. The third kappa shape index (κ3) is 4.83. The molecule has 152 valence electrons. The second kappa shape index (κ2) is 8.90. The predicted molar refractivity (Wildman–Crippen MR) is 114 cm³/mol. The summed E-state index contributed by atoms with van der Waals surface area (Å²) in [5, 5.41) is 2.88. The van der Waals surface area contributed by atoms with Gasteiger partial charge in [-0.1, -0.05) is 42.8 Å². The van der Waals surface area contributed by atoms with Crippen molar-refractivity contribution in [1.82, 2.24) is 4.90 Å². The van der Waals surface area contributed by atoms with Crippen LogP contribution in [0, 0.1) is 12.8 Å². The van der Waals surface area contributed by atoms with E-state index in [9.17, 15) is 14.4 Å². The Morgan fingerprint density at radius 1 is 1.14 bits per heavy atom. The van der Waals surface area contributed by atoms with Crippen LogP contribution < -0.4 is 10.2 Å². The zero-order valence-electron chi connectivity index (χ0n) is 17.1. The van der Waals surface area contributed by atoms with Crippen molar-refractivity contribution in [3.8, 4) is 0 Å². The number of para-hydroxylation sites is 1. The van der Waals surface area contributed by atoms with Gasteiger partial charge in [0.05, 0.1) is 12.5 Å². The molecule has 0 spiro atoms. The van der Waals surface area contributed by atoms with E-state index in [2.05, 4.69) is 5.32 Å². The number of hydrogen-bond donors (Lipinski definition) is 1. The maximum Gasteiger partial charge on any atom is 0.243 e. The van der Waals surface area contributed by atoms with Crippen molar-refractivity contribution in [2.24, 2.45) is 5.92 Å². The molecule has 6 heteroatoms. The SMILES string of the molecule is CCc1ccccc1NC(=O)CN(C)C(=O)C1CC(=O)N(c2ccc(C)cc2)C1. The van der Waals surface area contributed by atoms with Gasteiger partial charge in [-0.25, -0.2) is 0 Å². The molecule has 0 aliphatic carbocycles. The zero-order chi connectivity index (χ0) is 21.0. The Kier molecular flexibility index (Phi) is 6.32. The Bertz CT molecular complexity index is 908. The Balaban J connectivity index is 1.59. The van der Waals surface area contributed by atoms with Gasteiger partial charge in [-0.2, -0.15) is 0 Å². The fourth-order valence-corrected chi connectivity index (χ4v) is 3.59. The van der Waals surface area contributed by atoms with Gasteiger partial charge in [0.2, 0.25) is 17.7 Å².